The Morgan fingerprint density at radius 3 is 2.33 bits per heavy atom. The first kappa shape index (κ1) is 15.2. The minimum absolute atomic E-state index is 0.0736. The average molecular weight is 288 g/mol. The number of nitrogens with one attached hydrogen (secondary N) is 1. The van der Waals surface area contributed by atoms with E-state index in [9.17, 15) is 14.4 Å². The van der Waals surface area contributed by atoms with E-state index < -0.39 is 17.9 Å². The van der Waals surface area contributed by atoms with Crippen LogP contribution in [-0.2, 0) is 9.59 Å². The molecule has 3 amide bonds. The number of benzene rings is 1. The van der Waals surface area contributed by atoms with Crippen molar-refractivity contribution in [1.82, 2.24) is 10.2 Å². The van der Waals surface area contributed by atoms with Crippen LogP contribution in [0.5, 0.6) is 0 Å². The Kier molecular flexibility index (Phi) is 4.11. The molecular weight excluding hydrogens is 268 g/mol. The van der Waals surface area contributed by atoms with Crippen LogP contribution in [0, 0.1) is 20.8 Å². The van der Waals surface area contributed by atoms with Gasteiger partial charge in [-0.25, -0.2) is 0 Å². The SMILES string of the molecule is CCC1C(=O)NC(=O)CN1C(=O)c1c(C)cc(C)cc1C. The number of carbonyl (C=O) groups excluding carboxylic acids is 3. The maximum atomic E-state index is 12.8. The van der Waals surface area contributed by atoms with Gasteiger partial charge in [0.25, 0.3) is 5.91 Å². The lowest BCUT2D eigenvalue weighted by molar-refractivity contribution is -0.138. The van der Waals surface area contributed by atoms with Crippen LogP contribution in [0.2, 0.25) is 0 Å². The molecule has 1 aromatic rings. The first-order valence-electron chi connectivity index (χ1n) is 7.07. The zero-order valence-corrected chi connectivity index (χ0v) is 12.8. The molecule has 1 fully saturated rings. The van der Waals surface area contributed by atoms with Crippen molar-refractivity contribution in [2.45, 2.75) is 40.2 Å². The van der Waals surface area contributed by atoms with Crippen LogP contribution >= 0.6 is 0 Å². The number of imide groups is 1. The van der Waals surface area contributed by atoms with Gasteiger partial charge in [0.2, 0.25) is 11.8 Å². The van der Waals surface area contributed by atoms with Crippen molar-refractivity contribution in [1.29, 1.82) is 0 Å². The Labute approximate surface area is 124 Å². The molecule has 0 saturated carbocycles. The predicted molar refractivity (Wildman–Crippen MR) is 78.9 cm³/mol. The van der Waals surface area contributed by atoms with Crippen molar-refractivity contribution < 1.29 is 14.4 Å². The number of piperazine rings is 1. The van der Waals surface area contributed by atoms with Crippen molar-refractivity contribution in [2.24, 2.45) is 0 Å². The lowest BCUT2D eigenvalue weighted by atomic mass is 9.97. The van der Waals surface area contributed by atoms with Gasteiger partial charge in [0.15, 0.2) is 0 Å². The number of hydrogen-bond donors (Lipinski definition) is 1. The second-order valence-corrected chi connectivity index (χ2v) is 5.54. The monoisotopic (exact) mass is 288 g/mol. The first-order valence-corrected chi connectivity index (χ1v) is 7.07. The molecule has 21 heavy (non-hydrogen) atoms. The van der Waals surface area contributed by atoms with E-state index in [2.05, 4.69) is 5.32 Å². The van der Waals surface area contributed by atoms with Crippen molar-refractivity contribution in [3.63, 3.8) is 0 Å². The summed E-state index contributed by atoms with van der Waals surface area (Å²) in [5, 5.41) is 2.28. The molecule has 0 radical (unpaired) electrons. The van der Waals surface area contributed by atoms with Gasteiger partial charge >= 0.3 is 0 Å². The van der Waals surface area contributed by atoms with E-state index in [-0.39, 0.29) is 12.5 Å². The summed E-state index contributed by atoms with van der Waals surface area (Å²) in [4.78, 5) is 37.6. The number of hydrogen-bond acceptors (Lipinski definition) is 3. The van der Waals surface area contributed by atoms with Crippen molar-refractivity contribution in [3.05, 3.63) is 34.4 Å². The molecule has 5 heteroatoms. The zero-order chi connectivity index (χ0) is 15.7. The molecule has 0 aromatic heterocycles. The van der Waals surface area contributed by atoms with E-state index in [0.29, 0.717) is 12.0 Å². The molecule has 1 aliphatic rings. The topological polar surface area (TPSA) is 66.5 Å². The van der Waals surface area contributed by atoms with Gasteiger partial charge in [-0.2, -0.15) is 0 Å². The quantitative estimate of drug-likeness (QED) is 0.838. The molecule has 0 aliphatic carbocycles. The number of nitrogens with zero attached hydrogens (tertiary/aromatic N) is 1. The predicted octanol–water partition coefficient (Wildman–Crippen LogP) is 1.49. The highest BCUT2D eigenvalue weighted by Gasteiger charge is 2.36. The second-order valence-electron chi connectivity index (χ2n) is 5.54. The summed E-state index contributed by atoms with van der Waals surface area (Å²) in [6.45, 7) is 7.48. The fraction of sp³-hybridized carbons (Fsp3) is 0.438. The van der Waals surface area contributed by atoms with E-state index in [1.54, 1.807) is 0 Å². The second kappa shape index (κ2) is 5.68. The number of rotatable bonds is 2. The number of aryl methyl sites for hydroxylation is 3. The highest BCUT2D eigenvalue weighted by atomic mass is 16.2. The highest BCUT2D eigenvalue weighted by molar-refractivity contribution is 6.08. The molecule has 1 unspecified atom stereocenters. The smallest absolute Gasteiger partial charge is 0.255 e. The summed E-state index contributed by atoms with van der Waals surface area (Å²) < 4.78 is 0. The lowest BCUT2D eigenvalue weighted by Gasteiger charge is -2.34. The minimum atomic E-state index is -0.588. The maximum absolute atomic E-state index is 12.8. The van der Waals surface area contributed by atoms with Crippen LogP contribution in [0.4, 0.5) is 0 Å². The van der Waals surface area contributed by atoms with Crippen LogP contribution < -0.4 is 5.32 Å². The Hall–Kier alpha value is -2.17. The summed E-state index contributed by atoms with van der Waals surface area (Å²) >= 11 is 0. The van der Waals surface area contributed by atoms with Gasteiger partial charge in [-0.15, -0.1) is 0 Å². The Balaban J connectivity index is 2.43. The summed E-state index contributed by atoms with van der Waals surface area (Å²) in [5.41, 5.74) is 3.40. The van der Waals surface area contributed by atoms with Crippen LogP contribution in [0.3, 0.4) is 0 Å². The molecule has 1 aromatic carbocycles. The van der Waals surface area contributed by atoms with Gasteiger partial charge in [0, 0.05) is 5.56 Å². The van der Waals surface area contributed by atoms with E-state index >= 15 is 0 Å². The third kappa shape index (κ3) is 2.82. The molecule has 1 heterocycles. The van der Waals surface area contributed by atoms with Crippen LogP contribution in [0.1, 0.15) is 40.4 Å². The summed E-state index contributed by atoms with van der Waals surface area (Å²) in [5.74, 6) is -1.08. The van der Waals surface area contributed by atoms with Crippen LogP contribution in [-0.4, -0.2) is 35.2 Å². The van der Waals surface area contributed by atoms with Gasteiger partial charge in [-0.05, 0) is 38.3 Å². The summed E-state index contributed by atoms with van der Waals surface area (Å²) in [6, 6.07) is 3.29. The Morgan fingerprint density at radius 2 is 1.81 bits per heavy atom. The largest absolute Gasteiger partial charge is 0.317 e. The average Bonchev–Trinajstić information content (AvgIpc) is 2.36. The van der Waals surface area contributed by atoms with Gasteiger partial charge < -0.3 is 4.90 Å². The minimum Gasteiger partial charge on any atom is -0.317 e. The van der Waals surface area contributed by atoms with Crippen LogP contribution in [0.25, 0.3) is 0 Å². The first-order chi connectivity index (χ1) is 9.85. The van der Waals surface area contributed by atoms with Crippen LogP contribution in [0.15, 0.2) is 12.1 Å². The summed E-state index contributed by atoms with van der Waals surface area (Å²) in [6.07, 6.45) is 0.481. The Morgan fingerprint density at radius 1 is 1.24 bits per heavy atom. The molecule has 1 aliphatic heterocycles. The molecule has 5 nitrogen and oxygen atoms in total. The lowest BCUT2D eigenvalue weighted by Crippen LogP contribution is -2.59. The van der Waals surface area contributed by atoms with Crippen molar-refractivity contribution in [3.8, 4) is 0 Å². The van der Waals surface area contributed by atoms with E-state index in [4.69, 9.17) is 0 Å². The van der Waals surface area contributed by atoms with E-state index in [1.807, 2.05) is 39.8 Å². The Bertz CT molecular complexity index is 599. The van der Waals surface area contributed by atoms with Gasteiger partial charge in [-0.3, -0.25) is 19.7 Å². The molecule has 2 rings (SSSR count). The fourth-order valence-corrected chi connectivity index (χ4v) is 2.95. The van der Waals surface area contributed by atoms with Gasteiger partial charge in [0.1, 0.15) is 12.6 Å². The molecule has 1 atom stereocenters. The zero-order valence-electron chi connectivity index (χ0n) is 12.8. The van der Waals surface area contributed by atoms with E-state index in [1.165, 1.54) is 4.90 Å². The standard InChI is InChI=1S/C16H20N2O3/c1-5-12-15(20)17-13(19)8-18(12)16(21)14-10(3)6-9(2)7-11(14)4/h6-7,12H,5,8H2,1-4H3,(H,17,19,20). The highest BCUT2D eigenvalue weighted by Crippen LogP contribution is 2.21. The molecule has 0 spiro atoms. The summed E-state index contributed by atoms with van der Waals surface area (Å²) in [7, 11) is 0. The third-order valence-electron chi connectivity index (χ3n) is 3.79. The normalized spacial score (nSPS) is 18.7. The van der Waals surface area contributed by atoms with Crippen molar-refractivity contribution >= 4 is 17.7 Å². The molecule has 1 saturated heterocycles. The molecular formula is C16H20N2O3. The molecule has 1 N–H and O–H groups in total. The number of amides is 3. The molecule has 0 bridgehead atoms. The third-order valence-corrected chi connectivity index (χ3v) is 3.79. The molecule has 112 valence electrons. The van der Waals surface area contributed by atoms with E-state index in [0.717, 1.165) is 16.7 Å². The number of carbonyl (C=O) groups is 3. The maximum Gasteiger partial charge on any atom is 0.255 e. The van der Waals surface area contributed by atoms with Gasteiger partial charge in [-0.1, -0.05) is 24.6 Å². The van der Waals surface area contributed by atoms with Gasteiger partial charge in [0.05, 0.1) is 0 Å². The van der Waals surface area contributed by atoms with Crippen molar-refractivity contribution in [2.75, 3.05) is 6.54 Å². The fourth-order valence-electron chi connectivity index (χ4n) is 2.95.